The third kappa shape index (κ3) is 3.70. The summed E-state index contributed by atoms with van der Waals surface area (Å²) in [5, 5.41) is 5.08. The monoisotopic (exact) mass is 338 g/mol. The number of amides is 2. The average molecular weight is 338 g/mol. The topological polar surface area (TPSA) is 59.6 Å². The van der Waals surface area contributed by atoms with E-state index in [4.69, 9.17) is 9.47 Å². The van der Waals surface area contributed by atoms with Crippen molar-refractivity contribution in [2.45, 2.75) is 12.7 Å². The van der Waals surface area contributed by atoms with E-state index in [9.17, 15) is 18.0 Å². The van der Waals surface area contributed by atoms with Gasteiger partial charge in [0.15, 0.2) is 11.5 Å². The van der Waals surface area contributed by atoms with Gasteiger partial charge in [0.1, 0.15) is 0 Å². The van der Waals surface area contributed by atoms with Gasteiger partial charge >= 0.3 is 12.2 Å². The molecule has 2 aromatic rings. The van der Waals surface area contributed by atoms with Gasteiger partial charge in [0.2, 0.25) is 6.79 Å². The maximum atomic E-state index is 12.6. The van der Waals surface area contributed by atoms with Crippen LogP contribution in [0.1, 0.15) is 11.1 Å². The number of urea groups is 1. The summed E-state index contributed by atoms with van der Waals surface area (Å²) < 4.78 is 48.3. The number of alkyl halides is 3. The molecule has 0 spiro atoms. The van der Waals surface area contributed by atoms with Crippen LogP contribution >= 0.6 is 0 Å². The van der Waals surface area contributed by atoms with E-state index >= 15 is 0 Å². The highest BCUT2D eigenvalue weighted by Gasteiger charge is 2.30. The van der Waals surface area contributed by atoms with Gasteiger partial charge in [-0.05, 0) is 29.8 Å². The number of carbonyl (C=O) groups is 1. The first-order chi connectivity index (χ1) is 11.4. The summed E-state index contributed by atoms with van der Waals surface area (Å²) in [5.74, 6) is 1.11. The highest BCUT2D eigenvalue weighted by molar-refractivity contribution is 5.89. The highest BCUT2D eigenvalue weighted by Crippen LogP contribution is 2.34. The van der Waals surface area contributed by atoms with Crippen molar-refractivity contribution in [3.05, 3.63) is 53.6 Å². The van der Waals surface area contributed by atoms with Gasteiger partial charge < -0.3 is 20.1 Å². The minimum atomic E-state index is -4.41. The maximum Gasteiger partial charge on any atom is 0.416 e. The van der Waals surface area contributed by atoms with Crippen molar-refractivity contribution < 1.29 is 27.4 Å². The molecule has 24 heavy (non-hydrogen) atoms. The van der Waals surface area contributed by atoms with Crippen LogP contribution in [-0.4, -0.2) is 12.8 Å². The van der Waals surface area contributed by atoms with Gasteiger partial charge in [-0.3, -0.25) is 0 Å². The molecule has 5 nitrogen and oxygen atoms in total. The fourth-order valence-electron chi connectivity index (χ4n) is 2.19. The molecule has 0 atom stereocenters. The molecule has 2 aromatic carbocycles. The Labute approximate surface area is 135 Å². The number of carbonyl (C=O) groups excluding carboxylic acids is 1. The lowest BCUT2D eigenvalue weighted by Gasteiger charge is -2.10. The van der Waals surface area contributed by atoms with Gasteiger partial charge in [0.25, 0.3) is 0 Å². The number of nitrogens with one attached hydrogen (secondary N) is 2. The molecule has 2 amide bonds. The molecule has 3 rings (SSSR count). The zero-order valence-corrected chi connectivity index (χ0v) is 12.3. The Morgan fingerprint density at radius 3 is 2.67 bits per heavy atom. The summed E-state index contributed by atoms with van der Waals surface area (Å²) in [7, 11) is 0. The van der Waals surface area contributed by atoms with Gasteiger partial charge in [0.05, 0.1) is 5.56 Å². The minimum absolute atomic E-state index is 0.0275. The molecule has 2 N–H and O–H groups in total. The Hall–Kier alpha value is -2.90. The van der Waals surface area contributed by atoms with E-state index < -0.39 is 17.8 Å². The Bertz CT molecular complexity index is 762. The zero-order valence-electron chi connectivity index (χ0n) is 12.3. The molecule has 1 aliphatic heterocycles. The molecular formula is C16H13F3N2O3. The van der Waals surface area contributed by atoms with Crippen LogP contribution in [0.15, 0.2) is 42.5 Å². The molecule has 1 heterocycles. The van der Waals surface area contributed by atoms with Crippen LogP contribution in [0.25, 0.3) is 0 Å². The normalized spacial score (nSPS) is 12.8. The van der Waals surface area contributed by atoms with Crippen molar-refractivity contribution in [2.75, 3.05) is 12.1 Å². The fraction of sp³-hybridized carbons (Fsp3) is 0.188. The number of fused-ring (bicyclic) bond motifs is 1. The molecule has 0 saturated heterocycles. The van der Waals surface area contributed by atoms with E-state index in [1.807, 2.05) is 0 Å². The first kappa shape index (κ1) is 16.0. The second-order valence-electron chi connectivity index (χ2n) is 5.07. The molecule has 0 fully saturated rings. The number of benzene rings is 2. The quantitative estimate of drug-likeness (QED) is 0.896. The van der Waals surface area contributed by atoms with Crippen LogP contribution in [0.4, 0.5) is 23.7 Å². The molecule has 0 radical (unpaired) electrons. The predicted octanol–water partition coefficient (Wildman–Crippen LogP) is 3.76. The van der Waals surface area contributed by atoms with Crippen molar-refractivity contribution >= 4 is 11.7 Å². The summed E-state index contributed by atoms with van der Waals surface area (Å²) in [6.07, 6.45) is -4.41. The van der Waals surface area contributed by atoms with Gasteiger partial charge in [-0.25, -0.2) is 4.79 Å². The van der Waals surface area contributed by atoms with E-state index in [1.165, 1.54) is 12.1 Å². The average Bonchev–Trinajstić information content (AvgIpc) is 3.00. The lowest BCUT2D eigenvalue weighted by atomic mass is 10.1. The van der Waals surface area contributed by atoms with Gasteiger partial charge in [0, 0.05) is 18.3 Å². The highest BCUT2D eigenvalue weighted by atomic mass is 19.4. The molecule has 1 aliphatic rings. The molecule has 0 unspecified atom stereocenters. The van der Waals surface area contributed by atoms with Crippen LogP contribution in [0.3, 0.4) is 0 Å². The third-order valence-electron chi connectivity index (χ3n) is 3.34. The van der Waals surface area contributed by atoms with Crippen LogP contribution < -0.4 is 20.1 Å². The van der Waals surface area contributed by atoms with E-state index in [-0.39, 0.29) is 13.3 Å². The largest absolute Gasteiger partial charge is 0.454 e. The number of halogens is 3. The van der Waals surface area contributed by atoms with E-state index in [1.54, 1.807) is 18.2 Å². The fourth-order valence-corrected chi connectivity index (χ4v) is 2.19. The smallest absolute Gasteiger partial charge is 0.416 e. The van der Waals surface area contributed by atoms with E-state index in [0.717, 1.165) is 12.1 Å². The lowest BCUT2D eigenvalue weighted by Crippen LogP contribution is -2.28. The second kappa shape index (κ2) is 6.31. The molecule has 0 bridgehead atoms. The van der Waals surface area contributed by atoms with E-state index in [2.05, 4.69) is 10.6 Å². The number of hydrogen-bond acceptors (Lipinski definition) is 3. The summed E-state index contributed by atoms with van der Waals surface area (Å²) in [6.45, 7) is 0.0980. The molecule has 0 saturated carbocycles. The minimum Gasteiger partial charge on any atom is -0.454 e. The Morgan fingerprint density at radius 1 is 1.08 bits per heavy atom. The Kier molecular flexibility index (Phi) is 4.20. The third-order valence-corrected chi connectivity index (χ3v) is 3.34. The zero-order chi connectivity index (χ0) is 17.2. The van der Waals surface area contributed by atoms with Crippen LogP contribution in [0.5, 0.6) is 11.5 Å². The van der Waals surface area contributed by atoms with Crippen LogP contribution in [-0.2, 0) is 12.7 Å². The molecular weight excluding hydrogens is 325 g/mol. The Morgan fingerprint density at radius 2 is 1.88 bits per heavy atom. The van der Waals surface area contributed by atoms with Gasteiger partial charge in [-0.2, -0.15) is 13.2 Å². The van der Waals surface area contributed by atoms with E-state index in [0.29, 0.717) is 22.7 Å². The summed E-state index contributed by atoms with van der Waals surface area (Å²) in [4.78, 5) is 11.9. The van der Waals surface area contributed by atoms with Crippen molar-refractivity contribution in [3.8, 4) is 11.5 Å². The molecule has 0 aromatic heterocycles. The molecule has 0 aliphatic carbocycles. The maximum absolute atomic E-state index is 12.6. The van der Waals surface area contributed by atoms with Crippen molar-refractivity contribution in [1.29, 1.82) is 0 Å². The number of rotatable bonds is 3. The van der Waals surface area contributed by atoms with Gasteiger partial charge in [-0.1, -0.05) is 12.1 Å². The number of ether oxygens (including phenoxy) is 2. The number of hydrogen-bond donors (Lipinski definition) is 2. The lowest BCUT2D eigenvalue weighted by molar-refractivity contribution is -0.137. The standard InChI is InChI=1S/C16H13F3N2O3/c17-16(18,19)11-3-1-2-10(6-11)8-20-15(22)21-12-4-5-13-14(7-12)24-9-23-13/h1-7H,8-9H2,(H2,20,21,22). The summed E-state index contributed by atoms with van der Waals surface area (Å²) in [6, 6.07) is 9.16. The molecule has 126 valence electrons. The second-order valence-corrected chi connectivity index (χ2v) is 5.07. The van der Waals surface area contributed by atoms with Crippen LogP contribution in [0, 0.1) is 0 Å². The summed E-state index contributed by atoms with van der Waals surface area (Å²) >= 11 is 0. The Balaban J connectivity index is 1.58. The predicted molar refractivity (Wildman–Crippen MR) is 79.9 cm³/mol. The van der Waals surface area contributed by atoms with Gasteiger partial charge in [-0.15, -0.1) is 0 Å². The van der Waals surface area contributed by atoms with Crippen molar-refractivity contribution in [1.82, 2.24) is 5.32 Å². The summed E-state index contributed by atoms with van der Waals surface area (Å²) in [5.41, 5.74) is 0.0874. The first-order valence-electron chi connectivity index (χ1n) is 7.02. The molecule has 8 heteroatoms. The van der Waals surface area contributed by atoms with Crippen molar-refractivity contribution in [2.24, 2.45) is 0 Å². The SMILES string of the molecule is O=C(NCc1cccc(C(F)(F)F)c1)Nc1ccc2c(c1)OCO2. The van der Waals surface area contributed by atoms with Crippen LogP contribution in [0.2, 0.25) is 0 Å². The van der Waals surface area contributed by atoms with Crippen molar-refractivity contribution in [3.63, 3.8) is 0 Å². The first-order valence-corrected chi connectivity index (χ1v) is 7.02. The number of anilines is 1.